The predicted molar refractivity (Wildman–Crippen MR) is 103 cm³/mol. The van der Waals surface area contributed by atoms with E-state index in [0.29, 0.717) is 16.0 Å². The molecule has 2 aromatic carbocycles. The van der Waals surface area contributed by atoms with Crippen LogP contribution in [-0.4, -0.2) is 23.3 Å². The number of thiophene rings is 1. The molecule has 29 heavy (non-hydrogen) atoms. The minimum Gasteiger partial charge on any atom is -0.477 e. The normalized spacial score (nSPS) is 11.2. The number of benzene rings is 2. The van der Waals surface area contributed by atoms with Crippen LogP contribution < -0.4 is 10.1 Å². The number of alkyl halides is 3. The maximum absolute atomic E-state index is 12.4. The molecule has 0 aliphatic rings. The zero-order valence-electron chi connectivity index (χ0n) is 14.9. The monoisotopic (exact) mass is 421 g/mol. The number of carbonyl (C=O) groups is 2. The van der Waals surface area contributed by atoms with Crippen molar-refractivity contribution < 1.29 is 32.6 Å². The van der Waals surface area contributed by atoms with Crippen molar-refractivity contribution in [1.82, 2.24) is 0 Å². The highest BCUT2D eigenvalue weighted by molar-refractivity contribution is 7.18. The fraction of sp³-hybridized carbons (Fsp3) is 0.100. The Labute approximate surface area is 167 Å². The van der Waals surface area contributed by atoms with Crippen LogP contribution >= 0.6 is 11.3 Å². The Morgan fingerprint density at radius 2 is 1.66 bits per heavy atom. The first-order chi connectivity index (χ1) is 13.6. The Kier molecular flexibility index (Phi) is 5.60. The van der Waals surface area contributed by atoms with Crippen LogP contribution in [0.4, 0.5) is 18.9 Å². The Hall–Kier alpha value is -3.33. The van der Waals surface area contributed by atoms with Crippen LogP contribution in [0.1, 0.15) is 25.6 Å². The highest BCUT2D eigenvalue weighted by atomic mass is 32.1. The van der Waals surface area contributed by atoms with Gasteiger partial charge in [0.05, 0.1) is 5.69 Å². The van der Waals surface area contributed by atoms with Gasteiger partial charge in [0.15, 0.2) is 0 Å². The van der Waals surface area contributed by atoms with Gasteiger partial charge in [-0.25, -0.2) is 4.79 Å². The molecule has 0 aliphatic carbocycles. The number of nitrogens with one attached hydrogen (secondary N) is 1. The van der Waals surface area contributed by atoms with Crippen LogP contribution in [0.5, 0.6) is 5.75 Å². The van der Waals surface area contributed by atoms with Crippen molar-refractivity contribution in [3.8, 4) is 16.2 Å². The van der Waals surface area contributed by atoms with Crippen LogP contribution in [0.15, 0.2) is 54.6 Å². The molecule has 5 nitrogen and oxygen atoms in total. The molecule has 1 heterocycles. The van der Waals surface area contributed by atoms with E-state index in [9.17, 15) is 27.9 Å². The molecular formula is C20H14F3NO4S. The van der Waals surface area contributed by atoms with Crippen molar-refractivity contribution in [1.29, 1.82) is 0 Å². The van der Waals surface area contributed by atoms with Crippen LogP contribution in [0, 0.1) is 6.92 Å². The Morgan fingerprint density at radius 1 is 1.03 bits per heavy atom. The number of anilines is 1. The van der Waals surface area contributed by atoms with E-state index in [1.807, 2.05) is 6.92 Å². The van der Waals surface area contributed by atoms with Gasteiger partial charge < -0.3 is 15.2 Å². The summed E-state index contributed by atoms with van der Waals surface area (Å²) in [7, 11) is 0. The Balaban J connectivity index is 1.86. The summed E-state index contributed by atoms with van der Waals surface area (Å²) in [6.45, 7) is 1.88. The van der Waals surface area contributed by atoms with Gasteiger partial charge in [-0.15, -0.1) is 24.5 Å². The van der Waals surface area contributed by atoms with Gasteiger partial charge in [0, 0.05) is 10.4 Å². The first-order valence-corrected chi connectivity index (χ1v) is 9.05. The number of aromatic carboxylic acids is 1. The number of carboxylic acids is 1. The van der Waals surface area contributed by atoms with E-state index in [2.05, 4.69) is 10.1 Å². The van der Waals surface area contributed by atoms with E-state index in [4.69, 9.17) is 0 Å². The molecule has 0 unspecified atom stereocenters. The van der Waals surface area contributed by atoms with Gasteiger partial charge in [0.25, 0.3) is 5.91 Å². The van der Waals surface area contributed by atoms with Crippen molar-refractivity contribution in [3.05, 3.63) is 70.6 Å². The number of rotatable bonds is 5. The highest BCUT2D eigenvalue weighted by Gasteiger charge is 2.31. The third kappa shape index (κ3) is 5.14. The number of aryl methyl sites for hydroxylation is 1. The summed E-state index contributed by atoms with van der Waals surface area (Å²) in [5.74, 6) is -2.08. The van der Waals surface area contributed by atoms with Gasteiger partial charge in [0.2, 0.25) is 0 Å². The number of carbonyl (C=O) groups excluding carboxylic acids is 1. The molecule has 3 rings (SSSR count). The lowest BCUT2D eigenvalue weighted by atomic mass is 10.1. The largest absolute Gasteiger partial charge is 0.573 e. The number of amides is 1. The average molecular weight is 421 g/mol. The zero-order valence-corrected chi connectivity index (χ0v) is 15.7. The number of hydrogen-bond donors (Lipinski definition) is 2. The van der Waals surface area contributed by atoms with E-state index in [1.165, 1.54) is 18.2 Å². The molecule has 0 spiro atoms. The molecule has 9 heteroatoms. The molecule has 0 saturated heterocycles. The number of carboxylic acid groups (broad SMARTS) is 1. The predicted octanol–water partition coefficient (Wildman–Crippen LogP) is 5.57. The van der Waals surface area contributed by atoms with Gasteiger partial charge in [0.1, 0.15) is 10.6 Å². The minimum absolute atomic E-state index is 0.0870. The van der Waals surface area contributed by atoms with Crippen molar-refractivity contribution in [2.75, 3.05) is 5.32 Å². The summed E-state index contributed by atoms with van der Waals surface area (Å²) < 4.78 is 40.6. The lowest BCUT2D eigenvalue weighted by Crippen LogP contribution is -2.16. The second-order valence-corrected chi connectivity index (χ2v) is 7.10. The second kappa shape index (κ2) is 7.96. The molecule has 0 aliphatic heterocycles. The van der Waals surface area contributed by atoms with Crippen molar-refractivity contribution in [2.45, 2.75) is 13.3 Å². The summed E-state index contributed by atoms with van der Waals surface area (Å²) >= 11 is 0.902. The molecule has 3 aromatic rings. The van der Waals surface area contributed by atoms with E-state index in [0.717, 1.165) is 29.0 Å². The van der Waals surface area contributed by atoms with Gasteiger partial charge in [-0.1, -0.05) is 17.7 Å². The van der Waals surface area contributed by atoms with Gasteiger partial charge in [-0.2, -0.15) is 0 Å². The zero-order chi connectivity index (χ0) is 21.2. The van der Waals surface area contributed by atoms with Crippen LogP contribution in [-0.2, 0) is 0 Å². The SMILES string of the molecule is Cc1ccc(C(=O)Nc2cc(-c3ccc(OC(F)(F)F)cc3)sc2C(=O)O)cc1. The van der Waals surface area contributed by atoms with Crippen LogP contribution in [0.2, 0.25) is 0 Å². The third-order valence-corrected chi connectivity index (χ3v) is 5.03. The van der Waals surface area contributed by atoms with E-state index >= 15 is 0 Å². The lowest BCUT2D eigenvalue weighted by molar-refractivity contribution is -0.274. The molecule has 150 valence electrons. The average Bonchev–Trinajstić information content (AvgIpc) is 3.05. The third-order valence-electron chi connectivity index (χ3n) is 3.86. The van der Waals surface area contributed by atoms with Crippen LogP contribution in [0.25, 0.3) is 10.4 Å². The van der Waals surface area contributed by atoms with Crippen LogP contribution in [0.3, 0.4) is 0 Å². The maximum Gasteiger partial charge on any atom is 0.573 e. The molecular weight excluding hydrogens is 407 g/mol. The second-order valence-electron chi connectivity index (χ2n) is 6.05. The number of ether oxygens (including phenoxy) is 1. The molecule has 2 N–H and O–H groups in total. The molecule has 0 fully saturated rings. The molecule has 1 amide bonds. The first kappa shape index (κ1) is 20.4. The first-order valence-electron chi connectivity index (χ1n) is 8.24. The van der Waals surface area contributed by atoms with E-state index < -0.39 is 18.2 Å². The molecule has 0 atom stereocenters. The maximum atomic E-state index is 12.4. The van der Waals surface area contributed by atoms with Gasteiger partial charge in [-0.05, 0) is 55.0 Å². The van der Waals surface area contributed by atoms with Crippen molar-refractivity contribution >= 4 is 28.9 Å². The van der Waals surface area contributed by atoms with Crippen molar-refractivity contribution in [2.24, 2.45) is 0 Å². The quantitative estimate of drug-likeness (QED) is 0.565. The van der Waals surface area contributed by atoms with E-state index in [-0.39, 0.29) is 16.3 Å². The number of hydrogen-bond acceptors (Lipinski definition) is 4. The highest BCUT2D eigenvalue weighted by Crippen LogP contribution is 2.36. The summed E-state index contributed by atoms with van der Waals surface area (Å²) in [6.07, 6.45) is -4.80. The molecule has 0 bridgehead atoms. The fourth-order valence-corrected chi connectivity index (χ4v) is 3.46. The summed E-state index contributed by atoms with van der Waals surface area (Å²) in [5.41, 5.74) is 1.94. The summed E-state index contributed by atoms with van der Waals surface area (Å²) in [6, 6.07) is 13.3. The molecule has 1 aromatic heterocycles. The Bertz CT molecular complexity index is 1040. The van der Waals surface area contributed by atoms with E-state index in [1.54, 1.807) is 24.3 Å². The smallest absolute Gasteiger partial charge is 0.477 e. The summed E-state index contributed by atoms with van der Waals surface area (Å²) in [4.78, 5) is 24.3. The minimum atomic E-state index is -4.80. The topological polar surface area (TPSA) is 75.6 Å². The molecule has 0 radical (unpaired) electrons. The van der Waals surface area contributed by atoms with Crippen molar-refractivity contribution in [3.63, 3.8) is 0 Å². The molecule has 0 saturated carbocycles. The summed E-state index contributed by atoms with van der Waals surface area (Å²) in [5, 5.41) is 12.0. The number of halogens is 3. The lowest BCUT2D eigenvalue weighted by Gasteiger charge is -2.08. The fourth-order valence-electron chi connectivity index (χ4n) is 2.51. The Morgan fingerprint density at radius 3 is 2.21 bits per heavy atom. The van der Waals surface area contributed by atoms with Gasteiger partial charge in [-0.3, -0.25) is 4.79 Å². The van der Waals surface area contributed by atoms with Gasteiger partial charge >= 0.3 is 12.3 Å². The standard InChI is InChI=1S/C20H14F3NO4S/c1-11-2-4-13(5-3-11)18(25)24-15-10-16(29-17(15)19(26)27)12-6-8-14(9-7-12)28-20(21,22)23/h2-10H,1H3,(H,24,25)(H,26,27).